The third-order valence-corrected chi connectivity index (χ3v) is 2.54. The lowest BCUT2D eigenvalue weighted by atomic mass is 10.1. The van der Waals surface area contributed by atoms with E-state index in [0.29, 0.717) is 19.5 Å². The molecule has 6 nitrogen and oxygen atoms in total. The highest BCUT2D eigenvalue weighted by Gasteiger charge is 2.39. The minimum absolute atomic E-state index is 0.109. The fraction of sp³-hybridized carbons (Fsp3) is 0.778. The van der Waals surface area contributed by atoms with Gasteiger partial charge in [0, 0.05) is 13.1 Å². The molecule has 1 saturated heterocycles. The van der Waals surface area contributed by atoms with Gasteiger partial charge in [0.05, 0.1) is 0 Å². The normalized spacial score (nSPS) is 25.9. The number of nitrogens with zero attached hydrogens (tertiary/aromatic N) is 2. The van der Waals surface area contributed by atoms with E-state index in [-0.39, 0.29) is 5.92 Å². The second-order valence-corrected chi connectivity index (χ2v) is 4.15. The predicted octanol–water partition coefficient (Wildman–Crippen LogP) is 0.00110. The summed E-state index contributed by atoms with van der Waals surface area (Å²) in [6.45, 7) is 1.03. The minimum atomic E-state index is -1.15. The topological polar surface area (TPSA) is 81.1 Å². The molecule has 1 aliphatic heterocycles. The van der Waals surface area contributed by atoms with Crippen LogP contribution in [0, 0.1) is 5.92 Å². The van der Waals surface area contributed by atoms with E-state index < -0.39 is 18.1 Å². The molecule has 1 aliphatic rings. The van der Waals surface area contributed by atoms with Crippen LogP contribution in [0.2, 0.25) is 0 Å². The molecule has 0 spiro atoms. The van der Waals surface area contributed by atoms with Crippen LogP contribution < -0.4 is 0 Å². The molecule has 1 rings (SSSR count). The molecule has 0 aromatic rings. The Labute approximate surface area is 88.1 Å². The Morgan fingerprint density at radius 2 is 2.00 bits per heavy atom. The molecule has 0 aromatic heterocycles. The maximum atomic E-state index is 10.8. The van der Waals surface area contributed by atoms with Crippen molar-refractivity contribution >= 4 is 12.1 Å². The third-order valence-electron chi connectivity index (χ3n) is 2.54. The van der Waals surface area contributed by atoms with E-state index in [4.69, 9.17) is 10.2 Å². The summed E-state index contributed by atoms with van der Waals surface area (Å²) in [5.41, 5.74) is 0. The maximum absolute atomic E-state index is 10.8. The van der Waals surface area contributed by atoms with Crippen LogP contribution in [-0.2, 0) is 4.79 Å². The van der Waals surface area contributed by atoms with Crippen LogP contribution >= 0.6 is 0 Å². The highest BCUT2D eigenvalue weighted by molar-refractivity contribution is 5.80. The van der Waals surface area contributed by atoms with Crippen LogP contribution in [0.1, 0.15) is 6.42 Å². The summed E-state index contributed by atoms with van der Waals surface area (Å²) in [5.74, 6) is -0.948. The van der Waals surface area contributed by atoms with Crippen LogP contribution in [-0.4, -0.2) is 65.3 Å². The van der Waals surface area contributed by atoms with E-state index in [1.54, 1.807) is 0 Å². The molecule has 6 heteroatoms. The zero-order chi connectivity index (χ0) is 11.6. The second-order valence-electron chi connectivity index (χ2n) is 4.15. The quantitative estimate of drug-likeness (QED) is 0.694. The number of carboxylic acid groups (broad SMARTS) is 2. The molecule has 86 valence electrons. The Kier molecular flexibility index (Phi) is 3.52. The Morgan fingerprint density at radius 1 is 1.40 bits per heavy atom. The predicted molar refractivity (Wildman–Crippen MR) is 52.8 cm³/mol. The van der Waals surface area contributed by atoms with E-state index >= 15 is 0 Å². The largest absolute Gasteiger partial charge is 0.480 e. The van der Waals surface area contributed by atoms with Crippen LogP contribution in [0.3, 0.4) is 0 Å². The van der Waals surface area contributed by atoms with Gasteiger partial charge in [-0.05, 0) is 26.4 Å². The lowest BCUT2D eigenvalue weighted by molar-refractivity contribution is -0.141. The standard InChI is InChI=1S/C9H16N2O4/c1-10(2)4-6-3-7(8(12)13)11(5-6)9(14)15/h6-7H,3-5H2,1-2H3,(H,12,13)(H,14,15). The van der Waals surface area contributed by atoms with Gasteiger partial charge in [0.25, 0.3) is 0 Å². The van der Waals surface area contributed by atoms with E-state index in [2.05, 4.69) is 0 Å². The molecular weight excluding hydrogens is 200 g/mol. The molecule has 15 heavy (non-hydrogen) atoms. The fourth-order valence-corrected chi connectivity index (χ4v) is 2.02. The molecule has 2 atom stereocenters. The van der Waals surface area contributed by atoms with Crippen molar-refractivity contribution in [3.63, 3.8) is 0 Å². The zero-order valence-corrected chi connectivity index (χ0v) is 8.88. The summed E-state index contributed by atoms with van der Waals surface area (Å²) in [4.78, 5) is 24.6. The molecular formula is C9H16N2O4. The molecule has 1 amide bonds. The van der Waals surface area contributed by atoms with Crippen molar-refractivity contribution in [3.8, 4) is 0 Å². The highest BCUT2D eigenvalue weighted by atomic mass is 16.4. The minimum Gasteiger partial charge on any atom is -0.480 e. The van der Waals surface area contributed by atoms with Crippen molar-refractivity contribution in [2.45, 2.75) is 12.5 Å². The number of rotatable bonds is 3. The van der Waals surface area contributed by atoms with Gasteiger partial charge in [-0.2, -0.15) is 0 Å². The Bertz CT molecular complexity index is 245. The summed E-state index contributed by atoms with van der Waals surface area (Å²) < 4.78 is 0. The van der Waals surface area contributed by atoms with Crippen molar-refractivity contribution < 1.29 is 19.8 Å². The van der Waals surface area contributed by atoms with E-state index in [9.17, 15) is 9.59 Å². The summed E-state index contributed by atoms with van der Waals surface area (Å²) >= 11 is 0. The Balaban J connectivity index is 2.65. The lowest BCUT2D eigenvalue weighted by Crippen LogP contribution is -2.39. The first-order valence-corrected chi connectivity index (χ1v) is 4.79. The Morgan fingerprint density at radius 3 is 2.33 bits per heavy atom. The summed E-state index contributed by atoms with van der Waals surface area (Å²) in [6.07, 6.45) is -0.747. The van der Waals surface area contributed by atoms with E-state index in [0.717, 1.165) is 4.90 Å². The molecule has 0 bridgehead atoms. The zero-order valence-electron chi connectivity index (χ0n) is 8.88. The molecule has 0 aliphatic carbocycles. The second kappa shape index (κ2) is 4.48. The number of hydrogen-bond acceptors (Lipinski definition) is 3. The number of carbonyl (C=O) groups is 2. The highest BCUT2D eigenvalue weighted by Crippen LogP contribution is 2.23. The number of aliphatic carboxylic acids is 1. The number of carboxylic acids is 1. The van der Waals surface area contributed by atoms with E-state index in [1.807, 2.05) is 19.0 Å². The third kappa shape index (κ3) is 2.82. The molecule has 0 aromatic carbocycles. The van der Waals surface area contributed by atoms with Crippen molar-refractivity contribution in [2.24, 2.45) is 5.92 Å². The molecule has 2 N–H and O–H groups in total. The Hall–Kier alpha value is -1.30. The van der Waals surface area contributed by atoms with Gasteiger partial charge in [-0.1, -0.05) is 0 Å². The van der Waals surface area contributed by atoms with Gasteiger partial charge < -0.3 is 15.1 Å². The molecule has 0 saturated carbocycles. The number of likely N-dealkylation sites (tertiary alicyclic amines) is 1. The summed E-state index contributed by atoms with van der Waals surface area (Å²) in [7, 11) is 3.78. The van der Waals surface area contributed by atoms with E-state index in [1.165, 1.54) is 0 Å². The SMILES string of the molecule is CN(C)CC1CC(C(=O)O)N(C(=O)O)C1. The number of amides is 1. The maximum Gasteiger partial charge on any atom is 0.408 e. The monoisotopic (exact) mass is 216 g/mol. The van der Waals surface area contributed by atoms with Gasteiger partial charge in [-0.25, -0.2) is 9.59 Å². The lowest BCUT2D eigenvalue weighted by Gasteiger charge is -2.17. The molecule has 2 unspecified atom stereocenters. The summed E-state index contributed by atoms with van der Waals surface area (Å²) in [5, 5.41) is 17.7. The average molecular weight is 216 g/mol. The molecule has 1 heterocycles. The first kappa shape index (κ1) is 11.8. The first-order valence-electron chi connectivity index (χ1n) is 4.79. The van der Waals surface area contributed by atoms with Crippen molar-refractivity contribution in [2.75, 3.05) is 27.2 Å². The first-order chi connectivity index (χ1) is 6.91. The van der Waals surface area contributed by atoms with Gasteiger partial charge in [-0.15, -0.1) is 0 Å². The van der Waals surface area contributed by atoms with Crippen molar-refractivity contribution in [1.82, 2.24) is 9.80 Å². The van der Waals surface area contributed by atoms with Gasteiger partial charge in [0.1, 0.15) is 6.04 Å². The number of hydrogen-bond donors (Lipinski definition) is 2. The van der Waals surface area contributed by atoms with Crippen molar-refractivity contribution in [3.05, 3.63) is 0 Å². The summed E-state index contributed by atoms with van der Waals surface area (Å²) in [6, 6.07) is -0.882. The van der Waals surface area contributed by atoms with Crippen LogP contribution in [0.5, 0.6) is 0 Å². The van der Waals surface area contributed by atoms with Gasteiger partial charge in [-0.3, -0.25) is 4.90 Å². The molecule has 1 fully saturated rings. The van der Waals surface area contributed by atoms with Crippen LogP contribution in [0.25, 0.3) is 0 Å². The smallest absolute Gasteiger partial charge is 0.408 e. The van der Waals surface area contributed by atoms with Gasteiger partial charge in [0.15, 0.2) is 0 Å². The van der Waals surface area contributed by atoms with Crippen LogP contribution in [0.4, 0.5) is 4.79 Å². The molecule has 0 radical (unpaired) electrons. The van der Waals surface area contributed by atoms with Crippen LogP contribution in [0.15, 0.2) is 0 Å². The van der Waals surface area contributed by atoms with Gasteiger partial charge in [0.2, 0.25) is 0 Å². The fourth-order valence-electron chi connectivity index (χ4n) is 2.02. The average Bonchev–Trinajstić information content (AvgIpc) is 2.46. The van der Waals surface area contributed by atoms with Gasteiger partial charge >= 0.3 is 12.1 Å². The van der Waals surface area contributed by atoms with Crippen molar-refractivity contribution in [1.29, 1.82) is 0 Å².